The van der Waals surface area contributed by atoms with E-state index in [4.69, 9.17) is 5.11 Å². The molecule has 0 bridgehead atoms. The summed E-state index contributed by atoms with van der Waals surface area (Å²) < 4.78 is 0. The predicted octanol–water partition coefficient (Wildman–Crippen LogP) is 4.63. The van der Waals surface area contributed by atoms with Crippen LogP contribution in [0, 0.1) is 0 Å². The lowest BCUT2D eigenvalue weighted by atomic mass is 10.1. The average Bonchev–Trinajstić information content (AvgIpc) is 2.45. The van der Waals surface area contributed by atoms with E-state index in [-0.39, 0.29) is 6.42 Å². The molecule has 0 aliphatic carbocycles. The summed E-state index contributed by atoms with van der Waals surface area (Å²) in [6.45, 7) is 2.18. The van der Waals surface area contributed by atoms with Crippen LogP contribution in [0.1, 0.15) is 64.7 Å². The molecule has 0 fully saturated rings. The monoisotopic (exact) mass is 294 g/mol. The van der Waals surface area contributed by atoms with Crippen LogP contribution in [0.4, 0.5) is 0 Å². The molecule has 1 atom stereocenters. The minimum Gasteiger partial charge on any atom is -0.481 e. The molecule has 0 aromatic carbocycles. The number of allylic oxidation sites excluding steroid dienone is 4. The van der Waals surface area contributed by atoms with E-state index in [0.29, 0.717) is 0 Å². The molecule has 0 unspecified atom stereocenters. The maximum Gasteiger partial charge on any atom is 0.303 e. The zero-order chi connectivity index (χ0) is 15.8. The van der Waals surface area contributed by atoms with Crippen molar-refractivity contribution in [3.05, 3.63) is 36.5 Å². The molecule has 0 amide bonds. The summed E-state index contributed by atoms with van der Waals surface area (Å²) in [5.74, 6) is -0.723. The van der Waals surface area contributed by atoms with Gasteiger partial charge in [-0.3, -0.25) is 4.79 Å². The first kappa shape index (κ1) is 19.7. The Balaban J connectivity index is 3.54. The molecule has 2 N–H and O–H groups in total. The van der Waals surface area contributed by atoms with Crippen LogP contribution in [0.25, 0.3) is 0 Å². The van der Waals surface area contributed by atoms with E-state index in [0.717, 1.165) is 32.1 Å². The third kappa shape index (κ3) is 16.6. The molecule has 0 saturated heterocycles. The number of aliphatic hydroxyl groups excluding tert-OH is 1. The van der Waals surface area contributed by atoms with E-state index >= 15 is 0 Å². The third-order valence-corrected chi connectivity index (χ3v) is 3.09. The lowest BCUT2D eigenvalue weighted by molar-refractivity contribution is -0.137. The highest BCUT2D eigenvalue weighted by Gasteiger charge is 1.94. The maximum atomic E-state index is 10.3. The van der Waals surface area contributed by atoms with Crippen molar-refractivity contribution in [2.24, 2.45) is 0 Å². The molecule has 0 heterocycles. The second-order valence-electron chi connectivity index (χ2n) is 5.19. The van der Waals surface area contributed by atoms with E-state index in [1.807, 2.05) is 18.2 Å². The summed E-state index contributed by atoms with van der Waals surface area (Å²) in [6.07, 6.45) is 19.6. The highest BCUT2D eigenvalue weighted by molar-refractivity contribution is 5.66. The molecular formula is C18H30O3. The quantitative estimate of drug-likeness (QED) is 0.384. The first-order valence-electron chi connectivity index (χ1n) is 8.05. The van der Waals surface area contributed by atoms with Gasteiger partial charge in [-0.2, -0.15) is 0 Å². The summed E-state index contributed by atoms with van der Waals surface area (Å²) in [6, 6.07) is 0. The Morgan fingerprint density at radius 1 is 0.952 bits per heavy atom. The van der Waals surface area contributed by atoms with Gasteiger partial charge < -0.3 is 10.2 Å². The van der Waals surface area contributed by atoms with Gasteiger partial charge in [0.2, 0.25) is 0 Å². The summed E-state index contributed by atoms with van der Waals surface area (Å²) >= 11 is 0. The number of rotatable bonds is 13. The van der Waals surface area contributed by atoms with Crippen LogP contribution in [0.3, 0.4) is 0 Å². The van der Waals surface area contributed by atoms with Gasteiger partial charge >= 0.3 is 5.97 Å². The minimum atomic E-state index is -0.723. The topological polar surface area (TPSA) is 57.5 Å². The number of hydrogen-bond acceptors (Lipinski definition) is 2. The van der Waals surface area contributed by atoms with E-state index < -0.39 is 12.1 Å². The van der Waals surface area contributed by atoms with Gasteiger partial charge in [0.25, 0.3) is 0 Å². The number of carboxylic acids is 1. The molecule has 3 heteroatoms. The first-order chi connectivity index (χ1) is 10.2. The van der Waals surface area contributed by atoms with Gasteiger partial charge in [0.15, 0.2) is 0 Å². The van der Waals surface area contributed by atoms with Crippen LogP contribution >= 0.6 is 0 Å². The lowest BCUT2D eigenvalue weighted by Crippen LogP contribution is -1.95. The molecule has 0 rings (SSSR count). The van der Waals surface area contributed by atoms with Gasteiger partial charge in [-0.1, -0.05) is 56.2 Å². The third-order valence-electron chi connectivity index (χ3n) is 3.09. The predicted molar refractivity (Wildman–Crippen MR) is 88.3 cm³/mol. The molecule has 0 spiro atoms. The van der Waals surface area contributed by atoms with Crippen molar-refractivity contribution in [3.63, 3.8) is 0 Å². The zero-order valence-corrected chi connectivity index (χ0v) is 13.2. The fourth-order valence-electron chi connectivity index (χ4n) is 1.86. The molecule has 21 heavy (non-hydrogen) atoms. The van der Waals surface area contributed by atoms with E-state index in [9.17, 15) is 9.90 Å². The number of carboxylic acid groups (broad SMARTS) is 1. The van der Waals surface area contributed by atoms with Crippen LogP contribution in [0.2, 0.25) is 0 Å². The SMILES string of the molecule is CCCCC/C=C\[C@H](O)/C=C\C/C=C\CCCCC(=O)O. The van der Waals surface area contributed by atoms with Gasteiger partial charge in [-0.25, -0.2) is 0 Å². The Morgan fingerprint density at radius 3 is 2.33 bits per heavy atom. The lowest BCUT2D eigenvalue weighted by Gasteiger charge is -1.97. The number of hydrogen-bond donors (Lipinski definition) is 2. The number of aliphatic carboxylic acids is 1. The Labute approximate surface area is 129 Å². The molecule has 0 saturated carbocycles. The van der Waals surface area contributed by atoms with E-state index in [2.05, 4.69) is 19.1 Å². The molecule has 120 valence electrons. The summed E-state index contributed by atoms with van der Waals surface area (Å²) in [7, 11) is 0. The van der Waals surface area contributed by atoms with Gasteiger partial charge in [0.05, 0.1) is 6.10 Å². The second kappa shape index (κ2) is 15.0. The van der Waals surface area contributed by atoms with Gasteiger partial charge in [0.1, 0.15) is 0 Å². The smallest absolute Gasteiger partial charge is 0.303 e. The Bertz CT molecular complexity index is 329. The Morgan fingerprint density at radius 2 is 1.62 bits per heavy atom. The maximum absolute atomic E-state index is 10.3. The molecule has 0 radical (unpaired) electrons. The van der Waals surface area contributed by atoms with Gasteiger partial charge in [0, 0.05) is 6.42 Å². The van der Waals surface area contributed by atoms with Crippen molar-refractivity contribution in [2.75, 3.05) is 0 Å². The zero-order valence-electron chi connectivity index (χ0n) is 13.2. The van der Waals surface area contributed by atoms with Crippen molar-refractivity contribution in [1.29, 1.82) is 0 Å². The standard InChI is InChI=1S/C18H30O3/c1-2-3-4-8-11-14-17(19)15-12-9-6-5-7-10-13-16-18(20)21/h5-6,11-12,14-15,17,19H,2-4,7-10,13,16H2,1H3,(H,20,21)/b6-5-,14-11-,15-12-/t17-/m0/s1. The van der Waals surface area contributed by atoms with Crippen LogP contribution < -0.4 is 0 Å². The Kier molecular flexibility index (Phi) is 14.1. The highest BCUT2D eigenvalue weighted by atomic mass is 16.4. The van der Waals surface area contributed by atoms with Crippen molar-refractivity contribution >= 4 is 5.97 Å². The van der Waals surface area contributed by atoms with Crippen LogP contribution in [0.5, 0.6) is 0 Å². The van der Waals surface area contributed by atoms with Crippen LogP contribution in [-0.2, 0) is 4.79 Å². The average molecular weight is 294 g/mol. The highest BCUT2D eigenvalue weighted by Crippen LogP contribution is 2.03. The van der Waals surface area contributed by atoms with Crippen LogP contribution in [0.15, 0.2) is 36.5 Å². The fraction of sp³-hybridized carbons (Fsp3) is 0.611. The number of unbranched alkanes of at least 4 members (excludes halogenated alkanes) is 5. The summed E-state index contributed by atoms with van der Waals surface area (Å²) in [5, 5.41) is 18.2. The molecular weight excluding hydrogens is 264 g/mol. The molecule has 0 aromatic rings. The number of carbonyl (C=O) groups is 1. The minimum absolute atomic E-state index is 0.254. The van der Waals surface area contributed by atoms with Crippen molar-refractivity contribution in [3.8, 4) is 0 Å². The van der Waals surface area contributed by atoms with Crippen LogP contribution in [-0.4, -0.2) is 22.3 Å². The van der Waals surface area contributed by atoms with Crippen molar-refractivity contribution in [1.82, 2.24) is 0 Å². The summed E-state index contributed by atoms with van der Waals surface area (Å²) in [4.78, 5) is 10.3. The first-order valence-corrected chi connectivity index (χ1v) is 8.05. The molecule has 0 aromatic heterocycles. The largest absolute Gasteiger partial charge is 0.481 e. The molecule has 0 aliphatic rings. The molecule has 0 aliphatic heterocycles. The normalized spacial score (nSPS) is 13.6. The van der Waals surface area contributed by atoms with Gasteiger partial charge in [-0.15, -0.1) is 0 Å². The summed E-state index contributed by atoms with van der Waals surface area (Å²) in [5.41, 5.74) is 0. The second-order valence-corrected chi connectivity index (χ2v) is 5.19. The van der Waals surface area contributed by atoms with Crippen molar-refractivity contribution in [2.45, 2.75) is 70.8 Å². The van der Waals surface area contributed by atoms with E-state index in [1.165, 1.54) is 19.3 Å². The van der Waals surface area contributed by atoms with Crippen molar-refractivity contribution < 1.29 is 15.0 Å². The Hall–Kier alpha value is -1.35. The fourth-order valence-corrected chi connectivity index (χ4v) is 1.86. The van der Waals surface area contributed by atoms with E-state index in [1.54, 1.807) is 6.08 Å². The number of aliphatic hydroxyl groups is 1. The van der Waals surface area contributed by atoms with Gasteiger partial charge in [-0.05, 0) is 38.5 Å². The molecule has 3 nitrogen and oxygen atoms in total.